The summed E-state index contributed by atoms with van der Waals surface area (Å²) in [7, 11) is 1.83. The molecule has 0 aliphatic carbocycles. The Morgan fingerprint density at radius 2 is 2.12 bits per heavy atom. The number of carbonyl (C=O) groups excluding carboxylic acids is 1. The third-order valence-corrected chi connectivity index (χ3v) is 4.41. The number of nitrogens with zero attached hydrogens (tertiary/aromatic N) is 4. The summed E-state index contributed by atoms with van der Waals surface area (Å²) < 4.78 is 0. The van der Waals surface area contributed by atoms with Crippen molar-refractivity contribution in [3.8, 4) is 0 Å². The van der Waals surface area contributed by atoms with Gasteiger partial charge >= 0.3 is 0 Å². The van der Waals surface area contributed by atoms with Crippen LogP contribution >= 0.6 is 0 Å². The number of fused-ring (bicyclic) bond motifs is 1. The molecule has 1 aliphatic rings. The molecule has 5 heteroatoms. The van der Waals surface area contributed by atoms with Crippen LogP contribution in [0.15, 0.2) is 36.5 Å². The average molecular weight is 324 g/mol. The molecule has 126 valence electrons. The Hall–Kier alpha value is -2.43. The molecular formula is C19H24N4O. The number of aromatic nitrogens is 2. The van der Waals surface area contributed by atoms with E-state index in [1.807, 2.05) is 13.1 Å². The maximum Gasteiger partial charge on any atom is 0.272 e. The van der Waals surface area contributed by atoms with Crippen molar-refractivity contribution < 1.29 is 4.79 Å². The monoisotopic (exact) mass is 324 g/mol. The highest BCUT2D eigenvalue weighted by Gasteiger charge is 2.21. The predicted molar refractivity (Wildman–Crippen MR) is 95.7 cm³/mol. The Balaban J connectivity index is 1.85. The number of para-hydroxylation sites is 1. The molecule has 0 atom stereocenters. The van der Waals surface area contributed by atoms with Crippen LogP contribution in [0.4, 0.5) is 11.6 Å². The lowest BCUT2D eigenvalue weighted by Crippen LogP contribution is -2.30. The van der Waals surface area contributed by atoms with Crippen LogP contribution in [0.3, 0.4) is 0 Å². The standard InChI is InChI=1S/C19H24N4O/c1-3-4-13-22(2)18(24)16-11-12-20-19(21-16)23-14-7-9-15-8-5-6-10-17(15)23/h5-6,8,10-12H,3-4,7,9,13-14H2,1-2H3. The molecule has 3 rings (SSSR count). The largest absolute Gasteiger partial charge is 0.340 e. The quantitative estimate of drug-likeness (QED) is 0.845. The van der Waals surface area contributed by atoms with Crippen molar-refractivity contribution in [1.29, 1.82) is 0 Å². The Morgan fingerprint density at radius 1 is 1.29 bits per heavy atom. The number of amides is 1. The lowest BCUT2D eigenvalue weighted by molar-refractivity contribution is 0.0787. The normalized spacial score (nSPS) is 13.5. The van der Waals surface area contributed by atoms with Gasteiger partial charge in [0.05, 0.1) is 0 Å². The van der Waals surface area contributed by atoms with Crippen LogP contribution < -0.4 is 4.90 Å². The molecule has 2 aromatic rings. The third-order valence-electron chi connectivity index (χ3n) is 4.41. The van der Waals surface area contributed by atoms with Crippen molar-refractivity contribution in [3.63, 3.8) is 0 Å². The van der Waals surface area contributed by atoms with Crippen LogP contribution in [-0.4, -0.2) is 40.9 Å². The number of benzene rings is 1. The SMILES string of the molecule is CCCCN(C)C(=O)c1ccnc(N2CCCc3ccccc32)n1. The fraction of sp³-hybridized carbons (Fsp3) is 0.421. The Morgan fingerprint density at radius 3 is 2.96 bits per heavy atom. The van der Waals surface area contributed by atoms with Crippen LogP contribution in [0.5, 0.6) is 0 Å². The van der Waals surface area contributed by atoms with E-state index in [2.05, 4.69) is 40.0 Å². The van der Waals surface area contributed by atoms with Gasteiger partial charge in [-0.1, -0.05) is 31.5 Å². The summed E-state index contributed by atoms with van der Waals surface area (Å²) in [6.07, 6.45) is 5.89. The Labute approximate surface area is 143 Å². The molecule has 0 fully saturated rings. The molecule has 24 heavy (non-hydrogen) atoms. The molecule has 0 bridgehead atoms. The van der Waals surface area contributed by atoms with Crippen LogP contribution in [0.1, 0.15) is 42.2 Å². The van der Waals surface area contributed by atoms with Gasteiger partial charge in [-0.3, -0.25) is 4.79 Å². The van der Waals surface area contributed by atoms with E-state index in [9.17, 15) is 4.79 Å². The van der Waals surface area contributed by atoms with Gasteiger partial charge in [0.2, 0.25) is 5.95 Å². The van der Waals surface area contributed by atoms with Gasteiger partial charge in [-0.15, -0.1) is 0 Å². The molecule has 2 heterocycles. The Bertz CT molecular complexity index is 716. The fourth-order valence-electron chi connectivity index (χ4n) is 3.03. The molecule has 1 amide bonds. The van der Waals surface area contributed by atoms with Crippen LogP contribution in [-0.2, 0) is 6.42 Å². The molecular weight excluding hydrogens is 300 g/mol. The third kappa shape index (κ3) is 3.40. The molecule has 0 N–H and O–H groups in total. The predicted octanol–water partition coefficient (Wildman–Crippen LogP) is 3.43. The van der Waals surface area contributed by atoms with Crippen molar-refractivity contribution in [2.75, 3.05) is 25.0 Å². The summed E-state index contributed by atoms with van der Waals surface area (Å²) in [4.78, 5) is 25.4. The zero-order valence-electron chi connectivity index (χ0n) is 14.4. The second-order valence-electron chi connectivity index (χ2n) is 6.21. The molecule has 1 aromatic heterocycles. The van der Waals surface area contributed by atoms with E-state index < -0.39 is 0 Å². The van der Waals surface area contributed by atoms with Gasteiger partial charge in [0.25, 0.3) is 5.91 Å². The summed E-state index contributed by atoms with van der Waals surface area (Å²) in [5.41, 5.74) is 2.92. The van der Waals surface area contributed by atoms with Crippen molar-refractivity contribution >= 4 is 17.5 Å². The lowest BCUT2D eigenvalue weighted by Gasteiger charge is -2.29. The summed E-state index contributed by atoms with van der Waals surface area (Å²) >= 11 is 0. The van der Waals surface area contributed by atoms with Crippen molar-refractivity contribution in [2.24, 2.45) is 0 Å². The smallest absolute Gasteiger partial charge is 0.272 e. The molecule has 0 saturated carbocycles. The zero-order valence-corrected chi connectivity index (χ0v) is 14.4. The maximum absolute atomic E-state index is 12.5. The van der Waals surface area contributed by atoms with Gasteiger partial charge in [0.15, 0.2) is 0 Å². The minimum atomic E-state index is -0.0441. The number of hydrogen-bond acceptors (Lipinski definition) is 4. The first kappa shape index (κ1) is 16.4. The second kappa shape index (κ2) is 7.43. The van der Waals surface area contributed by atoms with E-state index in [4.69, 9.17) is 0 Å². The van der Waals surface area contributed by atoms with Crippen LogP contribution in [0, 0.1) is 0 Å². The van der Waals surface area contributed by atoms with Gasteiger partial charge in [0.1, 0.15) is 5.69 Å². The summed E-state index contributed by atoms with van der Waals surface area (Å²) in [6, 6.07) is 10.0. The summed E-state index contributed by atoms with van der Waals surface area (Å²) in [6.45, 7) is 3.75. The highest BCUT2D eigenvalue weighted by molar-refractivity contribution is 5.92. The lowest BCUT2D eigenvalue weighted by atomic mass is 10.0. The summed E-state index contributed by atoms with van der Waals surface area (Å²) in [5.74, 6) is 0.564. The van der Waals surface area contributed by atoms with Crippen molar-refractivity contribution in [1.82, 2.24) is 14.9 Å². The van der Waals surface area contributed by atoms with E-state index in [-0.39, 0.29) is 5.91 Å². The zero-order chi connectivity index (χ0) is 16.9. The fourth-order valence-corrected chi connectivity index (χ4v) is 3.03. The first-order valence-electron chi connectivity index (χ1n) is 8.64. The minimum Gasteiger partial charge on any atom is -0.340 e. The molecule has 0 radical (unpaired) electrons. The van der Waals surface area contributed by atoms with E-state index >= 15 is 0 Å². The van der Waals surface area contributed by atoms with Gasteiger partial charge < -0.3 is 9.80 Å². The number of unbranched alkanes of at least 4 members (excludes halogenated alkanes) is 1. The number of carbonyl (C=O) groups is 1. The molecule has 1 aromatic carbocycles. The highest BCUT2D eigenvalue weighted by Crippen LogP contribution is 2.31. The van der Waals surface area contributed by atoms with E-state index in [1.165, 1.54) is 5.56 Å². The number of anilines is 2. The van der Waals surface area contributed by atoms with Crippen molar-refractivity contribution in [2.45, 2.75) is 32.6 Å². The van der Waals surface area contributed by atoms with E-state index in [0.717, 1.165) is 44.5 Å². The molecule has 0 unspecified atom stereocenters. The van der Waals surface area contributed by atoms with Crippen LogP contribution in [0.2, 0.25) is 0 Å². The second-order valence-corrected chi connectivity index (χ2v) is 6.21. The maximum atomic E-state index is 12.5. The van der Waals surface area contributed by atoms with Gasteiger partial charge in [-0.2, -0.15) is 0 Å². The van der Waals surface area contributed by atoms with Gasteiger partial charge in [0, 0.05) is 32.0 Å². The molecule has 5 nitrogen and oxygen atoms in total. The number of rotatable bonds is 5. The van der Waals surface area contributed by atoms with E-state index in [0.29, 0.717) is 11.6 Å². The average Bonchev–Trinajstić information content (AvgIpc) is 2.65. The van der Waals surface area contributed by atoms with Crippen LogP contribution in [0.25, 0.3) is 0 Å². The first-order chi connectivity index (χ1) is 11.7. The molecule has 0 spiro atoms. The first-order valence-corrected chi connectivity index (χ1v) is 8.64. The van der Waals surface area contributed by atoms with Gasteiger partial charge in [-0.25, -0.2) is 9.97 Å². The number of aryl methyl sites for hydroxylation is 1. The Kier molecular flexibility index (Phi) is 5.08. The van der Waals surface area contributed by atoms with Gasteiger partial charge in [-0.05, 0) is 37.0 Å². The molecule has 1 aliphatic heterocycles. The highest BCUT2D eigenvalue weighted by atomic mass is 16.2. The van der Waals surface area contributed by atoms with E-state index in [1.54, 1.807) is 17.2 Å². The van der Waals surface area contributed by atoms with Crippen molar-refractivity contribution in [3.05, 3.63) is 47.8 Å². The minimum absolute atomic E-state index is 0.0441. The molecule has 0 saturated heterocycles. The topological polar surface area (TPSA) is 49.3 Å². The number of hydrogen-bond donors (Lipinski definition) is 0. The summed E-state index contributed by atoms with van der Waals surface area (Å²) in [5, 5.41) is 0.